The molecule has 0 N–H and O–H groups in total. The number of benzene rings is 2. The van der Waals surface area contributed by atoms with Gasteiger partial charge >= 0.3 is 0 Å². The molecule has 1 aliphatic rings. The van der Waals surface area contributed by atoms with Crippen LogP contribution >= 0.6 is 0 Å². The minimum atomic E-state index is -1.03. The zero-order chi connectivity index (χ0) is 26.1. The lowest BCUT2D eigenvalue weighted by Gasteiger charge is -2.31. The minimum Gasteiger partial charge on any atom is -0.491 e. The molecular formula is C27H34F3N3O3. The maximum Gasteiger partial charge on any atom is 0.226 e. The third-order valence-electron chi connectivity index (χ3n) is 6.25. The summed E-state index contributed by atoms with van der Waals surface area (Å²) >= 11 is 0. The van der Waals surface area contributed by atoms with Crippen molar-refractivity contribution in [1.29, 1.82) is 0 Å². The Balaban J connectivity index is 1.78. The van der Waals surface area contributed by atoms with E-state index < -0.39 is 17.5 Å². The van der Waals surface area contributed by atoms with Gasteiger partial charge in [0.05, 0.1) is 12.3 Å². The van der Waals surface area contributed by atoms with Crippen LogP contribution in [0, 0.1) is 17.5 Å². The van der Waals surface area contributed by atoms with Crippen LogP contribution in [-0.2, 0) is 16.1 Å². The van der Waals surface area contributed by atoms with Crippen molar-refractivity contribution < 1.29 is 27.5 Å². The fraction of sp³-hybridized carbons (Fsp3) is 0.481. The number of ether oxygens (including phenoxy) is 1. The fourth-order valence-electron chi connectivity index (χ4n) is 4.29. The quantitative estimate of drug-likeness (QED) is 0.532. The summed E-state index contributed by atoms with van der Waals surface area (Å²) < 4.78 is 47.7. The Kier molecular flexibility index (Phi) is 10.2. The Morgan fingerprint density at radius 2 is 1.61 bits per heavy atom. The summed E-state index contributed by atoms with van der Waals surface area (Å²) in [5.74, 6) is -2.74. The number of para-hydroxylation sites is 1. The molecule has 0 saturated carbocycles. The van der Waals surface area contributed by atoms with Crippen molar-refractivity contribution in [3.63, 3.8) is 0 Å². The van der Waals surface area contributed by atoms with Crippen molar-refractivity contribution in [3.8, 4) is 5.75 Å². The number of hydrogen-bond donors (Lipinski definition) is 0. The number of carbonyl (C=O) groups excluding carboxylic acids is 2. The maximum absolute atomic E-state index is 14.3. The topological polar surface area (TPSA) is 53.1 Å². The van der Waals surface area contributed by atoms with E-state index >= 15 is 0 Å². The predicted molar refractivity (Wildman–Crippen MR) is 132 cm³/mol. The summed E-state index contributed by atoms with van der Waals surface area (Å²) in [6.45, 7) is 4.23. The monoisotopic (exact) mass is 505 g/mol. The SMILES string of the molecule is CCC(=O)N1CCCN(C)CCCN(C(=O)CCCOc2ccccc2F)Cc2cc(F)c(F)cc21. The molecule has 0 fully saturated rings. The zero-order valence-electron chi connectivity index (χ0n) is 20.9. The summed E-state index contributed by atoms with van der Waals surface area (Å²) in [7, 11) is 1.98. The van der Waals surface area contributed by atoms with Crippen molar-refractivity contribution in [3.05, 3.63) is 59.4 Å². The van der Waals surface area contributed by atoms with Gasteiger partial charge in [0.25, 0.3) is 0 Å². The van der Waals surface area contributed by atoms with Crippen LogP contribution < -0.4 is 9.64 Å². The first-order valence-electron chi connectivity index (χ1n) is 12.4. The lowest BCUT2D eigenvalue weighted by atomic mass is 10.1. The van der Waals surface area contributed by atoms with Gasteiger partial charge in [0.2, 0.25) is 11.8 Å². The van der Waals surface area contributed by atoms with Gasteiger partial charge in [-0.25, -0.2) is 13.2 Å². The zero-order valence-corrected chi connectivity index (χ0v) is 20.9. The summed E-state index contributed by atoms with van der Waals surface area (Å²) in [6, 6.07) is 8.21. The van der Waals surface area contributed by atoms with E-state index in [0.717, 1.165) is 25.2 Å². The average molecular weight is 506 g/mol. The van der Waals surface area contributed by atoms with Crippen molar-refractivity contribution in [1.82, 2.24) is 9.80 Å². The first kappa shape index (κ1) is 27.5. The summed E-state index contributed by atoms with van der Waals surface area (Å²) in [5.41, 5.74) is 0.685. The summed E-state index contributed by atoms with van der Waals surface area (Å²) in [5, 5.41) is 0. The third-order valence-corrected chi connectivity index (χ3v) is 6.25. The van der Waals surface area contributed by atoms with Crippen molar-refractivity contribution in [2.24, 2.45) is 0 Å². The Labute approximate surface area is 210 Å². The highest BCUT2D eigenvalue weighted by molar-refractivity contribution is 5.94. The molecular weight excluding hydrogens is 471 g/mol. The van der Waals surface area contributed by atoms with Crippen LogP contribution in [0.1, 0.15) is 44.6 Å². The van der Waals surface area contributed by atoms with Crippen LogP contribution in [0.15, 0.2) is 36.4 Å². The third kappa shape index (κ3) is 7.46. The maximum atomic E-state index is 14.3. The van der Waals surface area contributed by atoms with E-state index in [0.29, 0.717) is 43.6 Å². The fourth-order valence-corrected chi connectivity index (χ4v) is 4.29. The van der Waals surface area contributed by atoms with Crippen LogP contribution in [0.25, 0.3) is 0 Å². The number of hydrogen-bond acceptors (Lipinski definition) is 4. The van der Waals surface area contributed by atoms with Crippen LogP contribution in [0.4, 0.5) is 18.9 Å². The number of carbonyl (C=O) groups is 2. The molecule has 2 amide bonds. The molecule has 0 aliphatic carbocycles. The normalized spacial score (nSPS) is 15.6. The van der Waals surface area contributed by atoms with Crippen LogP contribution in [0.5, 0.6) is 5.75 Å². The van der Waals surface area contributed by atoms with E-state index in [2.05, 4.69) is 4.90 Å². The van der Waals surface area contributed by atoms with Crippen molar-refractivity contribution >= 4 is 17.5 Å². The van der Waals surface area contributed by atoms with Crippen LogP contribution in [-0.4, -0.2) is 61.4 Å². The highest BCUT2D eigenvalue weighted by Crippen LogP contribution is 2.27. The van der Waals surface area contributed by atoms with Gasteiger partial charge in [0.1, 0.15) is 0 Å². The Morgan fingerprint density at radius 1 is 0.917 bits per heavy atom. The first-order valence-corrected chi connectivity index (χ1v) is 12.4. The molecule has 0 spiro atoms. The Hall–Kier alpha value is -3.07. The lowest BCUT2D eigenvalue weighted by Crippen LogP contribution is -2.38. The van der Waals surface area contributed by atoms with Gasteiger partial charge in [-0.1, -0.05) is 19.1 Å². The molecule has 0 bridgehead atoms. The largest absolute Gasteiger partial charge is 0.491 e. The lowest BCUT2D eigenvalue weighted by molar-refractivity contribution is -0.132. The van der Waals surface area contributed by atoms with Gasteiger partial charge < -0.3 is 19.4 Å². The molecule has 2 aromatic carbocycles. The summed E-state index contributed by atoms with van der Waals surface area (Å²) in [6.07, 6.45) is 2.14. The van der Waals surface area contributed by atoms with Crippen LogP contribution in [0.3, 0.4) is 0 Å². The summed E-state index contributed by atoms with van der Waals surface area (Å²) in [4.78, 5) is 31.1. The van der Waals surface area contributed by atoms with Gasteiger partial charge in [-0.05, 0) is 63.2 Å². The highest BCUT2D eigenvalue weighted by Gasteiger charge is 2.24. The molecule has 3 rings (SSSR count). The van der Waals surface area contributed by atoms with Gasteiger partial charge in [0, 0.05) is 38.5 Å². The van der Waals surface area contributed by atoms with Gasteiger partial charge in [-0.15, -0.1) is 0 Å². The molecule has 36 heavy (non-hydrogen) atoms. The van der Waals surface area contributed by atoms with E-state index in [1.807, 2.05) is 7.05 Å². The Bertz CT molecular complexity index is 1050. The van der Waals surface area contributed by atoms with Crippen LogP contribution in [0.2, 0.25) is 0 Å². The second-order valence-corrected chi connectivity index (χ2v) is 9.00. The first-order chi connectivity index (χ1) is 17.3. The second-order valence-electron chi connectivity index (χ2n) is 9.00. The second kappa shape index (κ2) is 13.3. The number of anilines is 1. The van der Waals surface area contributed by atoms with E-state index in [4.69, 9.17) is 4.74 Å². The van der Waals surface area contributed by atoms with E-state index in [1.54, 1.807) is 24.0 Å². The standard InChI is InChI=1S/C27H34F3N3O3/c1-3-26(34)33-15-8-13-31(2)12-7-14-32(19-20-17-22(29)23(30)18-24(20)33)27(35)11-6-16-36-25-10-5-4-9-21(25)28/h4-5,9-10,17-18H,3,6-8,11-16,19H2,1-2H3. The molecule has 6 nitrogen and oxygen atoms in total. The van der Waals surface area contributed by atoms with Crippen molar-refractivity contribution in [2.45, 2.75) is 45.6 Å². The molecule has 1 heterocycles. The van der Waals surface area contributed by atoms with Crippen molar-refractivity contribution in [2.75, 3.05) is 44.7 Å². The predicted octanol–water partition coefficient (Wildman–Crippen LogP) is 4.76. The number of fused-ring (bicyclic) bond motifs is 1. The number of halogens is 3. The highest BCUT2D eigenvalue weighted by atomic mass is 19.2. The number of amides is 2. The Morgan fingerprint density at radius 3 is 2.33 bits per heavy atom. The van der Waals surface area contributed by atoms with Gasteiger partial charge in [-0.2, -0.15) is 0 Å². The molecule has 0 aromatic heterocycles. The average Bonchev–Trinajstić information content (AvgIpc) is 2.85. The van der Waals surface area contributed by atoms with E-state index in [1.165, 1.54) is 17.0 Å². The number of nitrogens with zero attached hydrogens (tertiary/aromatic N) is 3. The number of rotatable bonds is 6. The molecule has 2 aromatic rings. The molecule has 0 radical (unpaired) electrons. The molecule has 0 saturated heterocycles. The van der Waals surface area contributed by atoms with Gasteiger partial charge in [-0.3, -0.25) is 9.59 Å². The molecule has 9 heteroatoms. The molecule has 0 unspecified atom stereocenters. The van der Waals surface area contributed by atoms with E-state index in [9.17, 15) is 22.8 Å². The smallest absolute Gasteiger partial charge is 0.226 e. The molecule has 196 valence electrons. The molecule has 1 aliphatic heterocycles. The minimum absolute atomic E-state index is 0.0523. The van der Waals surface area contributed by atoms with E-state index in [-0.39, 0.29) is 43.6 Å². The molecule has 0 atom stereocenters. The van der Waals surface area contributed by atoms with Gasteiger partial charge in [0.15, 0.2) is 23.2 Å².